The van der Waals surface area contributed by atoms with Crippen LogP contribution in [0.1, 0.15) is 0 Å². The maximum Gasteiger partial charge on any atom is 0.387 e. The fourth-order valence-electron chi connectivity index (χ4n) is 2.14. The van der Waals surface area contributed by atoms with Crippen molar-refractivity contribution in [2.45, 2.75) is 6.61 Å². The first kappa shape index (κ1) is 15.4. The highest BCUT2D eigenvalue weighted by Crippen LogP contribution is 2.34. The first-order valence-electron chi connectivity index (χ1n) is 6.81. The number of ether oxygens (including phenoxy) is 2. The number of hydrogen-bond acceptors (Lipinski definition) is 4. The topological polar surface area (TPSA) is 31.4 Å². The lowest BCUT2D eigenvalue weighted by molar-refractivity contribution is -0.0494. The molecule has 0 spiro atoms. The predicted molar refractivity (Wildman–Crippen MR) is 86.2 cm³/mol. The molecule has 0 saturated carbocycles. The van der Waals surface area contributed by atoms with Crippen LogP contribution >= 0.6 is 11.3 Å². The normalized spacial score (nSPS) is 10.8. The molecule has 0 aliphatic rings. The van der Waals surface area contributed by atoms with Crippen LogP contribution < -0.4 is 9.47 Å². The SMILES string of the molecule is COc1ccc(-c2nc(-c3ccccc3OC(F)F)cs2)cc1. The molecule has 0 fully saturated rings. The van der Waals surface area contributed by atoms with Crippen molar-refractivity contribution in [1.82, 2.24) is 4.98 Å². The molecule has 6 heteroatoms. The summed E-state index contributed by atoms with van der Waals surface area (Å²) in [5, 5.41) is 2.63. The number of halogens is 2. The van der Waals surface area contributed by atoms with E-state index in [2.05, 4.69) is 9.72 Å². The van der Waals surface area contributed by atoms with Crippen molar-refractivity contribution in [3.05, 3.63) is 53.9 Å². The highest BCUT2D eigenvalue weighted by molar-refractivity contribution is 7.13. The van der Waals surface area contributed by atoms with Crippen molar-refractivity contribution < 1.29 is 18.3 Å². The van der Waals surface area contributed by atoms with Crippen molar-refractivity contribution in [3.8, 4) is 33.3 Å². The Labute approximate surface area is 136 Å². The number of para-hydroxylation sites is 1. The minimum atomic E-state index is -2.86. The monoisotopic (exact) mass is 333 g/mol. The van der Waals surface area contributed by atoms with Gasteiger partial charge in [-0.3, -0.25) is 0 Å². The van der Waals surface area contributed by atoms with Crippen LogP contribution in [0.4, 0.5) is 8.78 Å². The summed E-state index contributed by atoms with van der Waals surface area (Å²) in [6.45, 7) is -2.86. The van der Waals surface area contributed by atoms with Gasteiger partial charge < -0.3 is 9.47 Å². The molecule has 0 atom stereocenters. The third kappa shape index (κ3) is 3.48. The Hall–Kier alpha value is -2.47. The lowest BCUT2D eigenvalue weighted by Crippen LogP contribution is -2.03. The first-order valence-corrected chi connectivity index (χ1v) is 7.69. The van der Waals surface area contributed by atoms with E-state index in [0.717, 1.165) is 16.3 Å². The van der Waals surface area contributed by atoms with Gasteiger partial charge in [0.2, 0.25) is 0 Å². The van der Waals surface area contributed by atoms with E-state index in [9.17, 15) is 8.78 Å². The van der Waals surface area contributed by atoms with Gasteiger partial charge >= 0.3 is 6.61 Å². The highest BCUT2D eigenvalue weighted by Gasteiger charge is 2.14. The Bertz CT molecular complexity index is 787. The molecule has 23 heavy (non-hydrogen) atoms. The largest absolute Gasteiger partial charge is 0.497 e. The van der Waals surface area contributed by atoms with Gasteiger partial charge in [-0.2, -0.15) is 8.78 Å². The van der Waals surface area contributed by atoms with Crippen molar-refractivity contribution in [2.75, 3.05) is 7.11 Å². The molecule has 0 aliphatic carbocycles. The predicted octanol–water partition coefficient (Wildman–Crippen LogP) is 5.09. The second kappa shape index (κ2) is 6.75. The summed E-state index contributed by atoms with van der Waals surface area (Å²) < 4.78 is 34.7. The lowest BCUT2D eigenvalue weighted by atomic mass is 10.1. The zero-order valence-corrected chi connectivity index (χ0v) is 13.0. The van der Waals surface area contributed by atoms with Gasteiger partial charge in [-0.05, 0) is 36.4 Å². The van der Waals surface area contributed by atoms with Crippen LogP contribution in [0.5, 0.6) is 11.5 Å². The fourth-order valence-corrected chi connectivity index (χ4v) is 2.97. The molecular weight excluding hydrogens is 320 g/mol. The van der Waals surface area contributed by atoms with Crippen molar-refractivity contribution >= 4 is 11.3 Å². The number of alkyl halides is 2. The Morgan fingerprint density at radius 2 is 1.78 bits per heavy atom. The minimum Gasteiger partial charge on any atom is -0.497 e. The Morgan fingerprint density at radius 3 is 2.48 bits per heavy atom. The Kier molecular flexibility index (Phi) is 4.52. The molecule has 3 nitrogen and oxygen atoms in total. The molecule has 0 radical (unpaired) electrons. The summed E-state index contributed by atoms with van der Waals surface area (Å²) in [4.78, 5) is 4.53. The molecule has 0 amide bonds. The molecule has 0 unspecified atom stereocenters. The van der Waals surface area contributed by atoms with Gasteiger partial charge in [0.25, 0.3) is 0 Å². The summed E-state index contributed by atoms with van der Waals surface area (Å²) in [5.41, 5.74) is 2.09. The van der Waals surface area contributed by atoms with Gasteiger partial charge in [-0.15, -0.1) is 11.3 Å². The van der Waals surface area contributed by atoms with E-state index < -0.39 is 6.61 Å². The standard InChI is InChI=1S/C17H13F2NO2S/c1-21-12-8-6-11(7-9-12)16-20-14(10-23-16)13-4-2-3-5-15(13)22-17(18)19/h2-10,17H,1H3. The highest BCUT2D eigenvalue weighted by atomic mass is 32.1. The maximum atomic E-state index is 12.5. The van der Waals surface area contributed by atoms with Crippen molar-refractivity contribution in [2.24, 2.45) is 0 Å². The number of nitrogens with zero attached hydrogens (tertiary/aromatic N) is 1. The minimum absolute atomic E-state index is 0.120. The number of thiazole rings is 1. The molecule has 0 saturated heterocycles. The molecule has 0 bridgehead atoms. The molecule has 2 aromatic carbocycles. The average Bonchev–Trinajstić information content (AvgIpc) is 3.05. The van der Waals surface area contributed by atoms with Gasteiger partial charge in [0.15, 0.2) is 0 Å². The van der Waals surface area contributed by atoms with Crippen LogP contribution in [-0.2, 0) is 0 Å². The lowest BCUT2D eigenvalue weighted by Gasteiger charge is -2.08. The van der Waals surface area contributed by atoms with Crippen LogP contribution in [0.2, 0.25) is 0 Å². The van der Waals surface area contributed by atoms with Crippen LogP contribution in [0.3, 0.4) is 0 Å². The number of aromatic nitrogens is 1. The second-order valence-electron chi connectivity index (χ2n) is 4.64. The average molecular weight is 333 g/mol. The third-order valence-corrected chi connectivity index (χ3v) is 4.11. The molecule has 118 valence electrons. The summed E-state index contributed by atoms with van der Waals surface area (Å²) in [5.74, 6) is 0.885. The fraction of sp³-hybridized carbons (Fsp3) is 0.118. The van der Waals surface area contributed by atoms with E-state index >= 15 is 0 Å². The number of hydrogen-bond donors (Lipinski definition) is 0. The zero-order chi connectivity index (χ0) is 16.2. The van der Waals surface area contributed by atoms with Gasteiger partial charge in [0, 0.05) is 16.5 Å². The second-order valence-corrected chi connectivity index (χ2v) is 5.50. The third-order valence-electron chi connectivity index (χ3n) is 3.22. The van der Waals surface area contributed by atoms with Gasteiger partial charge in [0.05, 0.1) is 12.8 Å². The van der Waals surface area contributed by atoms with Crippen LogP contribution in [-0.4, -0.2) is 18.7 Å². The Morgan fingerprint density at radius 1 is 1.04 bits per heavy atom. The van der Waals surface area contributed by atoms with Crippen molar-refractivity contribution in [1.29, 1.82) is 0 Å². The van der Waals surface area contributed by atoms with E-state index in [0.29, 0.717) is 11.3 Å². The molecule has 0 N–H and O–H groups in total. The summed E-state index contributed by atoms with van der Waals surface area (Å²) in [6.07, 6.45) is 0. The summed E-state index contributed by atoms with van der Waals surface area (Å²) >= 11 is 1.44. The summed E-state index contributed by atoms with van der Waals surface area (Å²) in [7, 11) is 1.61. The zero-order valence-electron chi connectivity index (χ0n) is 12.2. The first-order chi connectivity index (χ1) is 11.2. The van der Waals surface area contributed by atoms with Crippen LogP contribution in [0, 0.1) is 0 Å². The van der Waals surface area contributed by atoms with Gasteiger partial charge in [-0.25, -0.2) is 4.98 Å². The molecule has 1 heterocycles. The van der Waals surface area contributed by atoms with Gasteiger partial charge in [0.1, 0.15) is 16.5 Å². The quantitative estimate of drug-likeness (QED) is 0.652. The maximum absolute atomic E-state index is 12.5. The molecule has 0 aliphatic heterocycles. The number of benzene rings is 2. The van der Waals surface area contributed by atoms with E-state index in [-0.39, 0.29) is 5.75 Å². The van der Waals surface area contributed by atoms with Crippen molar-refractivity contribution in [3.63, 3.8) is 0 Å². The molecule has 3 aromatic rings. The van der Waals surface area contributed by atoms with Crippen LogP contribution in [0.15, 0.2) is 53.9 Å². The number of methoxy groups -OCH3 is 1. The van der Waals surface area contributed by atoms with Gasteiger partial charge in [-0.1, -0.05) is 12.1 Å². The van der Waals surface area contributed by atoms with E-state index in [1.54, 1.807) is 25.3 Å². The van der Waals surface area contributed by atoms with E-state index in [1.807, 2.05) is 29.6 Å². The van der Waals surface area contributed by atoms with Crippen LogP contribution in [0.25, 0.3) is 21.8 Å². The van der Waals surface area contributed by atoms with E-state index in [4.69, 9.17) is 4.74 Å². The number of rotatable bonds is 5. The molecular formula is C17H13F2NO2S. The molecule has 1 aromatic heterocycles. The molecule has 3 rings (SSSR count). The summed E-state index contributed by atoms with van der Waals surface area (Å²) in [6, 6.07) is 14.1. The Balaban J connectivity index is 1.92. The smallest absolute Gasteiger partial charge is 0.387 e. The van der Waals surface area contributed by atoms with E-state index in [1.165, 1.54) is 17.4 Å².